The molecular formula is C13H19NO4S2. The lowest BCUT2D eigenvalue weighted by atomic mass is 9.94. The molecule has 0 spiro atoms. The smallest absolute Gasteiger partial charge is 0.346 e. The van der Waals surface area contributed by atoms with E-state index in [2.05, 4.69) is 0 Å². The number of thiophene rings is 1. The number of sulfonamides is 1. The van der Waals surface area contributed by atoms with E-state index in [0.717, 1.165) is 17.8 Å². The number of hydrogen-bond acceptors (Lipinski definition) is 4. The molecule has 20 heavy (non-hydrogen) atoms. The lowest BCUT2D eigenvalue weighted by Gasteiger charge is -2.33. The number of carboxylic acids is 1. The third-order valence-electron chi connectivity index (χ3n) is 3.52. The lowest BCUT2D eigenvalue weighted by molar-refractivity contribution is 0.0701. The third-order valence-corrected chi connectivity index (χ3v) is 7.02. The molecule has 2 heterocycles. The summed E-state index contributed by atoms with van der Waals surface area (Å²) in [6, 6.07) is 1.47. The van der Waals surface area contributed by atoms with E-state index in [9.17, 15) is 13.2 Å². The Bertz CT molecular complexity index is 610. The van der Waals surface area contributed by atoms with Crippen molar-refractivity contribution < 1.29 is 18.3 Å². The molecule has 5 nitrogen and oxygen atoms in total. The van der Waals surface area contributed by atoms with E-state index in [-0.39, 0.29) is 9.09 Å². The highest BCUT2D eigenvalue weighted by molar-refractivity contribution is 7.91. The Morgan fingerprint density at radius 1 is 1.35 bits per heavy atom. The summed E-state index contributed by atoms with van der Waals surface area (Å²) in [5.74, 6) is -0.420. The van der Waals surface area contributed by atoms with Crippen LogP contribution in [0.1, 0.15) is 35.5 Å². The molecule has 1 aromatic rings. The first-order chi connectivity index (χ1) is 9.21. The number of carboxylic acid groups (broad SMARTS) is 1. The molecule has 1 aliphatic heterocycles. The Hall–Kier alpha value is -0.920. The summed E-state index contributed by atoms with van der Waals surface area (Å²) in [7, 11) is -3.57. The first-order valence-corrected chi connectivity index (χ1v) is 8.81. The molecule has 1 N–H and O–H groups in total. The van der Waals surface area contributed by atoms with Gasteiger partial charge in [-0.1, -0.05) is 13.8 Å². The van der Waals surface area contributed by atoms with Crippen LogP contribution in [0.3, 0.4) is 0 Å². The topological polar surface area (TPSA) is 74.7 Å². The molecule has 0 aromatic carbocycles. The van der Waals surface area contributed by atoms with Crippen LogP contribution in [0.2, 0.25) is 0 Å². The lowest BCUT2D eigenvalue weighted by Crippen LogP contribution is -2.42. The third kappa shape index (κ3) is 2.89. The molecule has 2 rings (SSSR count). The average Bonchev–Trinajstić information content (AvgIpc) is 2.70. The number of rotatable bonds is 3. The number of aromatic carboxylic acids is 1. The van der Waals surface area contributed by atoms with Gasteiger partial charge in [0.2, 0.25) is 0 Å². The minimum absolute atomic E-state index is 0.0988. The van der Waals surface area contributed by atoms with Crippen LogP contribution in [0.4, 0.5) is 0 Å². The van der Waals surface area contributed by atoms with Gasteiger partial charge in [-0.25, -0.2) is 13.2 Å². The summed E-state index contributed by atoms with van der Waals surface area (Å²) in [4.78, 5) is 11.1. The van der Waals surface area contributed by atoms with E-state index in [4.69, 9.17) is 5.11 Å². The van der Waals surface area contributed by atoms with Gasteiger partial charge in [-0.05, 0) is 36.8 Å². The van der Waals surface area contributed by atoms with Crippen LogP contribution in [0.5, 0.6) is 0 Å². The molecule has 1 aromatic heterocycles. The first-order valence-electron chi connectivity index (χ1n) is 6.55. The Balaban J connectivity index is 2.35. The van der Waals surface area contributed by atoms with Gasteiger partial charge in [0, 0.05) is 13.1 Å². The van der Waals surface area contributed by atoms with Crippen molar-refractivity contribution in [1.29, 1.82) is 0 Å². The van der Waals surface area contributed by atoms with Crippen LogP contribution < -0.4 is 0 Å². The van der Waals surface area contributed by atoms with Crippen molar-refractivity contribution in [2.24, 2.45) is 11.8 Å². The second-order valence-corrected chi connectivity index (χ2v) is 8.87. The quantitative estimate of drug-likeness (QED) is 0.929. The van der Waals surface area contributed by atoms with Crippen molar-refractivity contribution in [3.05, 3.63) is 16.5 Å². The van der Waals surface area contributed by atoms with Crippen LogP contribution in [0, 0.1) is 18.8 Å². The molecule has 2 atom stereocenters. The SMILES string of the molecule is Cc1cc(S(=O)(=O)N2CC(C)CC(C)C2)sc1C(=O)O. The average molecular weight is 317 g/mol. The van der Waals surface area contributed by atoms with Gasteiger partial charge >= 0.3 is 5.97 Å². The zero-order valence-corrected chi connectivity index (χ0v) is 13.4. The Kier molecular flexibility index (Phi) is 4.22. The van der Waals surface area contributed by atoms with E-state index in [1.54, 1.807) is 6.92 Å². The van der Waals surface area contributed by atoms with Crippen LogP contribution >= 0.6 is 11.3 Å². The molecule has 0 saturated carbocycles. The fraction of sp³-hybridized carbons (Fsp3) is 0.615. The zero-order valence-electron chi connectivity index (χ0n) is 11.8. The Morgan fingerprint density at radius 3 is 2.35 bits per heavy atom. The first kappa shape index (κ1) is 15.5. The van der Waals surface area contributed by atoms with Gasteiger partial charge in [-0.15, -0.1) is 11.3 Å². The molecular weight excluding hydrogens is 298 g/mol. The number of piperidine rings is 1. The predicted molar refractivity (Wildman–Crippen MR) is 77.7 cm³/mol. The van der Waals surface area contributed by atoms with Crippen LogP contribution in [0.15, 0.2) is 10.3 Å². The molecule has 1 aliphatic rings. The second-order valence-electron chi connectivity index (χ2n) is 5.65. The number of carbonyl (C=O) groups is 1. The van der Waals surface area contributed by atoms with Crippen LogP contribution in [-0.2, 0) is 10.0 Å². The van der Waals surface area contributed by atoms with Gasteiger partial charge in [0.25, 0.3) is 10.0 Å². The van der Waals surface area contributed by atoms with Crippen LogP contribution in [-0.4, -0.2) is 36.9 Å². The molecule has 112 valence electrons. The standard InChI is InChI=1S/C13H19NO4S2/c1-8-4-9(2)7-14(6-8)20(17,18)11-5-10(3)12(19-11)13(15)16/h5,8-9H,4,6-7H2,1-3H3,(H,15,16). The van der Waals surface area contributed by atoms with Crippen molar-refractivity contribution in [2.75, 3.05) is 13.1 Å². The molecule has 0 radical (unpaired) electrons. The van der Waals surface area contributed by atoms with Gasteiger partial charge in [0.15, 0.2) is 0 Å². The number of nitrogens with zero attached hydrogens (tertiary/aromatic N) is 1. The van der Waals surface area contributed by atoms with Gasteiger partial charge in [0.05, 0.1) is 0 Å². The second kappa shape index (κ2) is 5.46. The molecule has 0 bridgehead atoms. The normalized spacial score (nSPS) is 24.8. The molecule has 7 heteroatoms. The molecule has 2 unspecified atom stereocenters. The van der Waals surface area contributed by atoms with Gasteiger partial charge < -0.3 is 5.11 Å². The summed E-state index contributed by atoms with van der Waals surface area (Å²) < 4.78 is 26.8. The van der Waals surface area contributed by atoms with E-state index in [1.165, 1.54) is 10.4 Å². The van der Waals surface area contributed by atoms with Crippen molar-refractivity contribution in [1.82, 2.24) is 4.31 Å². The fourth-order valence-corrected chi connectivity index (χ4v) is 5.93. The number of aryl methyl sites for hydroxylation is 1. The fourth-order valence-electron chi connectivity index (χ4n) is 2.72. The molecule has 0 aliphatic carbocycles. The Labute approximate surface area is 123 Å². The van der Waals surface area contributed by atoms with Crippen LogP contribution in [0.25, 0.3) is 0 Å². The maximum Gasteiger partial charge on any atom is 0.346 e. The van der Waals surface area contributed by atoms with E-state index < -0.39 is 16.0 Å². The van der Waals surface area contributed by atoms with Crippen molar-refractivity contribution in [2.45, 2.75) is 31.4 Å². The zero-order chi connectivity index (χ0) is 15.1. The van der Waals surface area contributed by atoms with Gasteiger partial charge in [-0.2, -0.15) is 4.31 Å². The highest BCUT2D eigenvalue weighted by Crippen LogP contribution is 2.32. The van der Waals surface area contributed by atoms with Gasteiger partial charge in [0.1, 0.15) is 9.09 Å². The van der Waals surface area contributed by atoms with Crippen molar-refractivity contribution in [3.8, 4) is 0 Å². The summed E-state index contributed by atoms with van der Waals surface area (Å²) in [6.07, 6.45) is 1.02. The van der Waals surface area contributed by atoms with E-state index >= 15 is 0 Å². The van der Waals surface area contributed by atoms with E-state index in [1.807, 2.05) is 13.8 Å². The largest absolute Gasteiger partial charge is 0.477 e. The monoisotopic (exact) mass is 317 g/mol. The summed E-state index contributed by atoms with van der Waals surface area (Å²) in [5.41, 5.74) is 0.499. The Morgan fingerprint density at radius 2 is 1.90 bits per heavy atom. The summed E-state index contributed by atoms with van der Waals surface area (Å²) in [6.45, 7) is 6.72. The van der Waals surface area contributed by atoms with E-state index in [0.29, 0.717) is 30.5 Å². The predicted octanol–water partition coefficient (Wildman–Crippen LogP) is 2.42. The molecule has 1 saturated heterocycles. The summed E-state index contributed by atoms with van der Waals surface area (Å²) >= 11 is 0.841. The highest BCUT2D eigenvalue weighted by atomic mass is 32.2. The maximum atomic E-state index is 12.6. The highest BCUT2D eigenvalue weighted by Gasteiger charge is 2.33. The van der Waals surface area contributed by atoms with Crippen molar-refractivity contribution >= 4 is 27.3 Å². The minimum Gasteiger partial charge on any atom is -0.477 e. The minimum atomic E-state index is -3.57. The van der Waals surface area contributed by atoms with Gasteiger partial charge in [-0.3, -0.25) is 0 Å². The van der Waals surface area contributed by atoms with Crippen molar-refractivity contribution in [3.63, 3.8) is 0 Å². The molecule has 0 amide bonds. The molecule has 1 fully saturated rings. The number of hydrogen-bond donors (Lipinski definition) is 1. The maximum absolute atomic E-state index is 12.6. The summed E-state index contributed by atoms with van der Waals surface area (Å²) in [5, 5.41) is 9.04.